The Hall–Kier alpha value is -3.19. The number of hydrogen-bond donors (Lipinski definition) is 1. The summed E-state index contributed by atoms with van der Waals surface area (Å²) in [6.07, 6.45) is 3.36. The molecular weight excluding hydrogens is 360 g/mol. The van der Waals surface area contributed by atoms with Crippen molar-refractivity contribution < 1.29 is 9.47 Å². The van der Waals surface area contributed by atoms with Crippen LogP contribution in [-0.4, -0.2) is 27.6 Å². The topological polar surface area (TPSA) is 69.2 Å². The van der Waals surface area contributed by atoms with E-state index >= 15 is 0 Å². The highest BCUT2D eigenvalue weighted by Gasteiger charge is 2.15. The van der Waals surface area contributed by atoms with Gasteiger partial charge in [0, 0.05) is 18.1 Å². The van der Waals surface area contributed by atoms with Gasteiger partial charge in [0.2, 0.25) is 0 Å². The summed E-state index contributed by atoms with van der Waals surface area (Å²) in [5, 5.41) is 3.41. The first-order chi connectivity index (χ1) is 13.3. The molecule has 0 aliphatic carbocycles. The summed E-state index contributed by atoms with van der Waals surface area (Å²) in [7, 11) is 0. The van der Waals surface area contributed by atoms with Crippen molar-refractivity contribution >= 4 is 33.4 Å². The van der Waals surface area contributed by atoms with Crippen LogP contribution in [0.3, 0.4) is 0 Å². The molecule has 4 aromatic rings. The average molecular weight is 376 g/mol. The lowest BCUT2D eigenvalue weighted by Crippen LogP contribution is -2.15. The zero-order valence-electron chi connectivity index (χ0n) is 14.6. The fraction of sp³-hybridized carbons (Fsp3) is 0.150. The summed E-state index contributed by atoms with van der Waals surface area (Å²) < 4.78 is 15.8. The maximum atomic E-state index is 5.72. The van der Waals surface area contributed by atoms with Crippen LogP contribution >= 0.6 is 11.5 Å². The van der Waals surface area contributed by atoms with Crippen LogP contribution in [-0.2, 0) is 0 Å². The van der Waals surface area contributed by atoms with E-state index in [2.05, 4.69) is 38.7 Å². The lowest BCUT2D eigenvalue weighted by Gasteiger charge is -2.19. The molecule has 0 saturated heterocycles. The van der Waals surface area contributed by atoms with Crippen LogP contribution in [0.15, 0.2) is 48.8 Å². The van der Waals surface area contributed by atoms with Gasteiger partial charge in [0.15, 0.2) is 22.1 Å². The zero-order chi connectivity index (χ0) is 18.2. The predicted molar refractivity (Wildman–Crippen MR) is 106 cm³/mol. The van der Waals surface area contributed by atoms with Gasteiger partial charge in [0.1, 0.15) is 18.7 Å². The summed E-state index contributed by atoms with van der Waals surface area (Å²) in [6.45, 7) is 3.26. The van der Waals surface area contributed by atoms with Gasteiger partial charge >= 0.3 is 0 Å². The molecule has 0 saturated carbocycles. The molecule has 0 spiro atoms. The lowest BCUT2D eigenvalue weighted by atomic mass is 9.98. The van der Waals surface area contributed by atoms with Gasteiger partial charge in [-0.15, -0.1) is 0 Å². The van der Waals surface area contributed by atoms with Crippen molar-refractivity contribution in [2.45, 2.75) is 6.92 Å². The third-order valence-corrected chi connectivity index (χ3v) is 5.30. The number of ether oxygens (including phenoxy) is 2. The summed E-state index contributed by atoms with van der Waals surface area (Å²) in [5.74, 6) is 2.31. The van der Waals surface area contributed by atoms with Crippen molar-refractivity contribution in [2.24, 2.45) is 0 Å². The zero-order valence-corrected chi connectivity index (χ0v) is 15.4. The fourth-order valence-electron chi connectivity index (χ4n) is 3.19. The molecule has 2 aromatic carbocycles. The van der Waals surface area contributed by atoms with E-state index in [0.717, 1.165) is 50.0 Å². The number of hydrogen-bond acceptors (Lipinski definition) is 7. The maximum absolute atomic E-state index is 5.72. The Balaban J connectivity index is 1.53. The molecule has 1 aliphatic rings. The van der Waals surface area contributed by atoms with Gasteiger partial charge in [0.25, 0.3) is 0 Å². The molecule has 0 atom stereocenters. The molecule has 0 amide bonds. The molecule has 1 N–H and O–H groups in total. The summed E-state index contributed by atoms with van der Waals surface area (Å²) >= 11 is 1.34. The molecule has 0 bridgehead atoms. The number of rotatable bonds is 3. The predicted octanol–water partition coefficient (Wildman–Crippen LogP) is 4.58. The van der Waals surface area contributed by atoms with Gasteiger partial charge < -0.3 is 14.8 Å². The van der Waals surface area contributed by atoms with Crippen LogP contribution in [0.1, 0.15) is 5.56 Å². The number of fused-ring (bicyclic) bond motifs is 2. The Labute approximate surface area is 160 Å². The van der Waals surface area contributed by atoms with Crippen LogP contribution < -0.4 is 14.8 Å². The molecule has 7 heteroatoms. The largest absolute Gasteiger partial charge is 0.486 e. The standard InChI is InChI=1S/C20H16N4O2S/c1-12-14(13-5-6-16-17(11-13)26-10-9-25-16)3-2-4-15(12)23-19-18-20(27-24-19)22-8-7-21-18/h2-8,11H,9-10H2,1H3,(H,23,24). The molecular formula is C20H16N4O2S. The minimum Gasteiger partial charge on any atom is -0.486 e. The normalized spacial score (nSPS) is 12.9. The van der Waals surface area contributed by atoms with Crippen molar-refractivity contribution in [1.29, 1.82) is 0 Å². The van der Waals surface area contributed by atoms with E-state index in [0.29, 0.717) is 13.2 Å². The van der Waals surface area contributed by atoms with E-state index in [1.165, 1.54) is 11.5 Å². The third-order valence-electron chi connectivity index (χ3n) is 4.55. The van der Waals surface area contributed by atoms with Gasteiger partial charge in [-0.1, -0.05) is 18.2 Å². The van der Waals surface area contributed by atoms with Gasteiger partial charge in [-0.25, -0.2) is 9.97 Å². The molecule has 3 heterocycles. The number of nitrogens with one attached hydrogen (secondary N) is 1. The Morgan fingerprint density at radius 2 is 1.85 bits per heavy atom. The Morgan fingerprint density at radius 1 is 1.00 bits per heavy atom. The SMILES string of the molecule is Cc1c(Nc2nsc3nccnc23)cccc1-c1ccc2c(c1)OCCO2. The molecule has 27 heavy (non-hydrogen) atoms. The summed E-state index contributed by atoms with van der Waals surface area (Å²) in [4.78, 5) is 9.51. The molecule has 2 aromatic heterocycles. The highest BCUT2D eigenvalue weighted by atomic mass is 32.1. The van der Waals surface area contributed by atoms with E-state index < -0.39 is 0 Å². The van der Waals surface area contributed by atoms with Crippen molar-refractivity contribution in [3.8, 4) is 22.6 Å². The molecule has 5 rings (SSSR count). The van der Waals surface area contributed by atoms with E-state index in [1.54, 1.807) is 12.4 Å². The molecule has 1 aliphatic heterocycles. The first-order valence-corrected chi connectivity index (χ1v) is 9.40. The average Bonchev–Trinajstić information content (AvgIpc) is 3.12. The van der Waals surface area contributed by atoms with Crippen LogP contribution in [0.25, 0.3) is 21.5 Å². The van der Waals surface area contributed by atoms with E-state index in [-0.39, 0.29) is 0 Å². The number of anilines is 2. The molecule has 6 nitrogen and oxygen atoms in total. The number of nitrogens with zero attached hydrogens (tertiary/aromatic N) is 3. The lowest BCUT2D eigenvalue weighted by molar-refractivity contribution is 0.171. The van der Waals surface area contributed by atoms with Crippen molar-refractivity contribution in [3.63, 3.8) is 0 Å². The van der Waals surface area contributed by atoms with Crippen LogP contribution in [0.4, 0.5) is 11.5 Å². The molecule has 0 fully saturated rings. The second kappa shape index (κ2) is 6.51. The van der Waals surface area contributed by atoms with Crippen LogP contribution in [0, 0.1) is 6.92 Å². The first kappa shape index (κ1) is 16.0. The highest BCUT2D eigenvalue weighted by molar-refractivity contribution is 7.13. The summed E-state index contributed by atoms with van der Waals surface area (Å²) in [6, 6.07) is 12.2. The third kappa shape index (κ3) is 2.86. The van der Waals surface area contributed by atoms with Gasteiger partial charge in [-0.05, 0) is 53.3 Å². The van der Waals surface area contributed by atoms with Crippen LogP contribution in [0.5, 0.6) is 11.5 Å². The van der Waals surface area contributed by atoms with Gasteiger partial charge in [-0.2, -0.15) is 4.37 Å². The monoisotopic (exact) mass is 376 g/mol. The minimum atomic E-state index is 0.578. The van der Waals surface area contributed by atoms with E-state index in [4.69, 9.17) is 9.47 Å². The van der Waals surface area contributed by atoms with Crippen LogP contribution in [0.2, 0.25) is 0 Å². The molecule has 0 unspecified atom stereocenters. The smallest absolute Gasteiger partial charge is 0.172 e. The Kier molecular flexibility index (Phi) is 3.86. The van der Waals surface area contributed by atoms with Gasteiger partial charge in [0.05, 0.1) is 0 Å². The number of benzene rings is 2. The van der Waals surface area contributed by atoms with E-state index in [9.17, 15) is 0 Å². The fourth-order valence-corrected chi connectivity index (χ4v) is 3.84. The highest BCUT2D eigenvalue weighted by Crippen LogP contribution is 2.37. The molecule has 0 radical (unpaired) electrons. The maximum Gasteiger partial charge on any atom is 0.172 e. The second-order valence-electron chi connectivity index (χ2n) is 6.20. The minimum absolute atomic E-state index is 0.578. The quantitative estimate of drug-likeness (QED) is 0.565. The number of aromatic nitrogens is 3. The molecule has 134 valence electrons. The van der Waals surface area contributed by atoms with Gasteiger partial charge in [-0.3, -0.25) is 0 Å². The van der Waals surface area contributed by atoms with Crippen molar-refractivity contribution in [1.82, 2.24) is 14.3 Å². The second-order valence-corrected chi connectivity index (χ2v) is 6.95. The Morgan fingerprint density at radius 3 is 2.78 bits per heavy atom. The van der Waals surface area contributed by atoms with E-state index in [1.807, 2.05) is 24.3 Å². The van der Waals surface area contributed by atoms with Crippen molar-refractivity contribution in [2.75, 3.05) is 18.5 Å². The summed E-state index contributed by atoms with van der Waals surface area (Å²) in [5.41, 5.74) is 5.11. The Bertz CT molecular complexity index is 1140. The first-order valence-electron chi connectivity index (χ1n) is 8.62. The van der Waals surface area contributed by atoms with Crippen molar-refractivity contribution in [3.05, 3.63) is 54.4 Å².